The van der Waals surface area contributed by atoms with Gasteiger partial charge < -0.3 is 5.11 Å². The SMILES string of the molecule is CSc1c(O)cc(I)c2sccc12. The number of halogens is 1. The zero-order valence-corrected chi connectivity index (χ0v) is 10.7. The van der Waals surface area contributed by atoms with Gasteiger partial charge in [-0.05, 0) is 46.4 Å². The average molecular weight is 322 g/mol. The molecule has 1 N–H and O–H groups in total. The Morgan fingerprint density at radius 3 is 3.00 bits per heavy atom. The molecule has 0 aliphatic heterocycles. The normalized spacial score (nSPS) is 10.9. The Labute approximate surface area is 98.3 Å². The monoisotopic (exact) mass is 322 g/mol. The lowest BCUT2D eigenvalue weighted by atomic mass is 10.2. The molecule has 0 radical (unpaired) electrons. The van der Waals surface area contributed by atoms with Crippen molar-refractivity contribution in [2.24, 2.45) is 0 Å². The second-order valence-electron chi connectivity index (χ2n) is 2.57. The highest BCUT2D eigenvalue weighted by Gasteiger charge is 2.09. The molecular formula is C9H7IOS2. The zero-order valence-electron chi connectivity index (χ0n) is 6.87. The van der Waals surface area contributed by atoms with Crippen LogP contribution in [0.25, 0.3) is 10.1 Å². The summed E-state index contributed by atoms with van der Waals surface area (Å²) in [4.78, 5) is 0.983. The average Bonchev–Trinajstić information content (AvgIpc) is 2.53. The Bertz CT molecular complexity index is 450. The molecule has 0 atom stereocenters. The topological polar surface area (TPSA) is 20.2 Å². The van der Waals surface area contributed by atoms with Gasteiger partial charge in [0, 0.05) is 13.7 Å². The smallest absolute Gasteiger partial charge is 0.130 e. The number of rotatable bonds is 1. The molecule has 1 heterocycles. The third-order valence-electron chi connectivity index (χ3n) is 1.83. The van der Waals surface area contributed by atoms with Crippen LogP contribution in [0.4, 0.5) is 0 Å². The molecule has 4 heteroatoms. The van der Waals surface area contributed by atoms with Gasteiger partial charge in [0.2, 0.25) is 0 Å². The van der Waals surface area contributed by atoms with Gasteiger partial charge in [-0.25, -0.2) is 0 Å². The van der Waals surface area contributed by atoms with Gasteiger partial charge in [-0.3, -0.25) is 0 Å². The third kappa shape index (κ3) is 1.55. The molecule has 1 aromatic heterocycles. The van der Waals surface area contributed by atoms with E-state index < -0.39 is 0 Å². The quantitative estimate of drug-likeness (QED) is 0.634. The van der Waals surface area contributed by atoms with Crippen LogP contribution in [-0.2, 0) is 0 Å². The molecule has 1 aromatic carbocycles. The van der Waals surface area contributed by atoms with Crippen LogP contribution in [-0.4, -0.2) is 11.4 Å². The highest BCUT2D eigenvalue weighted by Crippen LogP contribution is 2.39. The first-order chi connectivity index (χ1) is 6.24. The molecule has 0 aliphatic rings. The molecule has 0 saturated heterocycles. The van der Waals surface area contributed by atoms with Crippen LogP contribution in [0, 0.1) is 3.57 Å². The maximum absolute atomic E-state index is 9.69. The number of hydrogen-bond donors (Lipinski definition) is 1. The zero-order chi connectivity index (χ0) is 9.42. The number of phenolic OH excluding ortho intramolecular Hbond substituents is 1. The van der Waals surface area contributed by atoms with Gasteiger partial charge in [-0.1, -0.05) is 0 Å². The van der Waals surface area contributed by atoms with E-state index in [4.69, 9.17) is 0 Å². The van der Waals surface area contributed by atoms with Gasteiger partial charge >= 0.3 is 0 Å². The van der Waals surface area contributed by atoms with Gasteiger partial charge in [-0.2, -0.15) is 0 Å². The lowest BCUT2D eigenvalue weighted by Gasteiger charge is -2.04. The minimum atomic E-state index is 0.391. The van der Waals surface area contributed by atoms with Gasteiger partial charge in [0.25, 0.3) is 0 Å². The van der Waals surface area contributed by atoms with E-state index in [2.05, 4.69) is 34.0 Å². The van der Waals surface area contributed by atoms with E-state index in [1.165, 1.54) is 10.1 Å². The minimum absolute atomic E-state index is 0.391. The maximum atomic E-state index is 9.69. The molecule has 0 bridgehead atoms. The molecule has 68 valence electrons. The fourth-order valence-electron chi connectivity index (χ4n) is 1.28. The summed E-state index contributed by atoms with van der Waals surface area (Å²) >= 11 is 5.57. The fourth-order valence-corrected chi connectivity index (χ4v) is 3.78. The highest BCUT2D eigenvalue weighted by molar-refractivity contribution is 14.1. The van der Waals surface area contributed by atoms with E-state index in [-0.39, 0.29) is 0 Å². The predicted octanol–water partition coefficient (Wildman–Crippen LogP) is 3.93. The molecule has 0 amide bonds. The van der Waals surface area contributed by atoms with Gasteiger partial charge in [0.15, 0.2) is 0 Å². The summed E-state index contributed by atoms with van der Waals surface area (Å²) < 4.78 is 2.39. The molecule has 2 rings (SSSR count). The lowest BCUT2D eigenvalue weighted by Crippen LogP contribution is -1.77. The minimum Gasteiger partial charge on any atom is -0.507 e. The number of thiophene rings is 1. The Kier molecular flexibility index (Phi) is 2.71. The third-order valence-corrected chi connectivity index (χ3v) is 4.83. The first-order valence-electron chi connectivity index (χ1n) is 3.66. The van der Waals surface area contributed by atoms with Crippen molar-refractivity contribution in [1.29, 1.82) is 0 Å². The Balaban J connectivity index is 2.88. The van der Waals surface area contributed by atoms with Crippen molar-refractivity contribution in [1.82, 2.24) is 0 Å². The van der Waals surface area contributed by atoms with Crippen LogP contribution < -0.4 is 0 Å². The molecule has 0 spiro atoms. The van der Waals surface area contributed by atoms with E-state index in [9.17, 15) is 5.11 Å². The molecule has 2 aromatic rings. The predicted molar refractivity (Wildman–Crippen MR) is 68.0 cm³/mol. The Morgan fingerprint density at radius 1 is 1.54 bits per heavy atom. The summed E-state index contributed by atoms with van der Waals surface area (Å²) in [5.41, 5.74) is 0. The van der Waals surface area contributed by atoms with Gasteiger partial charge in [0.1, 0.15) is 5.75 Å². The van der Waals surface area contributed by atoms with Crippen LogP contribution in [0.1, 0.15) is 0 Å². The van der Waals surface area contributed by atoms with Crippen LogP contribution in [0.2, 0.25) is 0 Å². The Hall–Kier alpha value is 0.0600. The van der Waals surface area contributed by atoms with Gasteiger partial charge in [-0.15, -0.1) is 23.1 Å². The summed E-state index contributed by atoms with van der Waals surface area (Å²) in [5.74, 6) is 0.391. The summed E-state index contributed by atoms with van der Waals surface area (Å²) in [7, 11) is 0. The molecule has 0 aliphatic carbocycles. The Morgan fingerprint density at radius 2 is 2.31 bits per heavy atom. The maximum Gasteiger partial charge on any atom is 0.130 e. The second kappa shape index (κ2) is 3.67. The molecule has 0 fully saturated rings. The van der Waals surface area contributed by atoms with Crippen molar-refractivity contribution in [2.75, 3.05) is 6.26 Å². The van der Waals surface area contributed by atoms with E-state index in [1.807, 2.05) is 12.3 Å². The summed E-state index contributed by atoms with van der Waals surface area (Å²) in [6.07, 6.45) is 1.99. The fraction of sp³-hybridized carbons (Fsp3) is 0.111. The number of benzene rings is 1. The first kappa shape index (κ1) is 9.61. The van der Waals surface area contributed by atoms with Gasteiger partial charge in [0.05, 0.1) is 4.90 Å². The molecule has 0 unspecified atom stereocenters. The lowest BCUT2D eigenvalue weighted by molar-refractivity contribution is 0.464. The van der Waals surface area contributed by atoms with Crippen LogP contribution in [0.5, 0.6) is 5.75 Å². The highest BCUT2D eigenvalue weighted by atomic mass is 127. The van der Waals surface area contributed by atoms with Crippen molar-refractivity contribution in [3.05, 3.63) is 21.1 Å². The number of hydrogen-bond acceptors (Lipinski definition) is 3. The largest absolute Gasteiger partial charge is 0.507 e. The molecule has 0 saturated carbocycles. The van der Waals surface area contributed by atoms with Crippen LogP contribution in [0.15, 0.2) is 22.4 Å². The number of thioether (sulfide) groups is 1. The van der Waals surface area contributed by atoms with Crippen LogP contribution >= 0.6 is 45.7 Å². The van der Waals surface area contributed by atoms with E-state index in [0.29, 0.717) is 5.75 Å². The van der Waals surface area contributed by atoms with Crippen molar-refractivity contribution in [3.8, 4) is 5.75 Å². The van der Waals surface area contributed by atoms with Crippen molar-refractivity contribution in [3.63, 3.8) is 0 Å². The first-order valence-corrected chi connectivity index (χ1v) is 6.85. The van der Waals surface area contributed by atoms with Crippen molar-refractivity contribution in [2.45, 2.75) is 4.90 Å². The second-order valence-corrected chi connectivity index (χ2v) is 5.47. The summed E-state index contributed by atoms with van der Waals surface area (Å²) in [6, 6.07) is 3.89. The number of phenols is 1. The summed E-state index contributed by atoms with van der Waals surface area (Å²) in [6.45, 7) is 0. The summed E-state index contributed by atoms with van der Waals surface area (Å²) in [5, 5.41) is 12.9. The molecular weight excluding hydrogens is 315 g/mol. The van der Waals surface area contributed by atoms with E-state index >= 15 is 0 Å². The van der Waals surface area contributed by atoms with E-state index in [0.717, 1.165) is 8.47 Å². The van der Waals surface area contributed by atoms with E-state index in [1.54, 1.807) is 23.1 Å². The van der Waals surface area contributed by atoms with Crippen LogP contribution in [0.3, 0.4) is 0 Å². The number of fused-ring (bicyclic) bond motifs is 1. The number of aromatic hydroxyl groups is 1. The standard InChI is InChI=1S/C9H7IOS2/c1-12-9-5-2-3-13-8(5)6(10)4-7(9)11/h2-4,11H,1H3. The van der Waals surface area contributed by atoms with Crippen molar-refractivity contribution >= 4 is 55.8 Å². The van der Waals surface area contributed by atoms with Crippen molar-refractivity contribution < 1.29 is 5.11 Å². The molecule has 13 heavy (non-hydrogen) atoms. The molecule has 1 nitrogen and oxygen atoms in total.